The first-order valence-corrected chi connectivity index (χ1v) is 8.78. The molecule has 0 aliphatic heterocycles. The lowest BCUT2D eigenvalue weighted by Crippen LogP contribution is -2.24. The maximum absolute atomic E-state index is 12.5. The van der Waals surface area contributed by atoms with E-state index in [1.165, 1.54) is 0 Å². The normalized spacial score (nSPS) is 10.3. The number of rotatable bonds is 6. The molecule has 5 heteroatoms. The molecule has 2 N–H and O–H groups in total. The van der Waals surface area contributed by atoms with Crippen molar-refractivity contribution in [2.24, 2.45) is 0 Å². The molecule has 5 nitrogen and oxygen atoms in total. The third-order valence-electron chi connectivity index (χ3n) is 4.37. The van der Waals surface area contributed by atoms with Crippen LogP contribution in [0.4, 0.5) is 11.4 Å². The number of carbonyl (C=O) groups is 1. The Morgan fingerprint density at radius 3 is 2.52 bits per heavy atom. The zero-order chi connectivity index (χ0) is 19.2. The van der Waals surface area contributed by atoms with Crippen molar-refractivity contribution >= 4 is 17.3 Å². The summed E-state index contributed by atoms with van der Waals surface area (Å²) in [5.41, 5.74) is 5.44. The van der Waals surface area contributed by atoms with Crippen LogP contribution in [-0.2, 0) is 6.54 Å². The third-order valence-corrected chi connectivity index (χ3v) is 4.37. The molecule has 1 amide bonds. The molecule has 0 aliphatic rings. The minimum absolute atomic E-state index is 0.230. The number of carbonyl (C=O) groups excluding carboxylic acids is 1. The highest BCUT2D eigenvalue weighted by atomic mass is 16.5. The van der Waals surface area contributed by atoms with Crippen LogP contribution in [0.2, 0.25) is 0 Å². The van der Waals surface area contributed by atoms with Gasteiger partial charge >= 0.3 is 0 Å². The number of aromatic nitrogens is 1. The van der Waals surface area contributed by atoms with Gasteiger partial charge in [0.15, 0.2) is 0 Å². The molecule has 138 valence electrons. The lowest BCUT2D eigenvalue weighted by molar-refractivity contribution is 0.0945. The average molecular weight is 361 g/mol. The second kappa shape index (κ2) is 8.36. The number of amides is 1. The van der Waals surface area contributed by atoms with Crippen LogP contribution in [0.15, 0.2) is 60.8 Å². The fourth-order valence-corrected chi connectivity index (χ4v) is 2.90. The maximum Gasteiger partial charge on any atom is 0.270 e. The number of methoxy groups -OCH3 is 1. The molecular weight excluding hydrogens is 338 g/mol. The van der Waals surface area contributed by atoms with Gasteiger partial charge < -0.3 is 15.4 Å². The van der Waals surface area contributed by atoms with E-state index >= 15 is 0 Å². The number of hydrogen-bond acceptors (Lipinski definition) is 4. The summed E-state index contributed by atoms with van der Waals surface area (Å²) in [6.07, 6.45) is 1.63. The summed E-state index contributed by atoms with van der Waals surface area (Å²) in [7, 11) is 1.62. The highest BCUT2D eigenvalue weighted by Crippen LogP contribution is 2.24. The summed E-state index contributed by atoms with van der Waals surface area (Å²) in [6, 6.07) is 17.3. The number of benzene rings is 2. The van der Waals surface area contributed by atoms with Gasteiger partial charge in [0.2, 0.25) is 0 Å². The number of nitrogens with zero attached hydrogens (tertiary/aromatic N) is 1. The summed E-state index contributed by atoms with van der Waals surface area (Å²) >= 11 is 0. The number of ether oxygens (including phenoxy) is 1. The second-order valence-corrected chi connectivity index (χ2v) is 6.32. The molecule has 3 rings (SSSR count). The number of nitrogens with one attached hydrogen (secondary N) is 2. The Bertz CT molecular complexity index is 934. The van der Waals surface area contributed by atoms with Gasteiger partial charge in [0.1, 0.15) is 11.4 Å². The van der Waals surface area contributed by atoms with Gasteiger partial charge in [-0.15, -0.1) is 0 Å². The van der Waals surface area contributed by atoms with Crippen molar-refractivity contribution < 1.29 is 9.53 Å². The van der Waals surface area contributed by atoms with Crippen molar-refractivity contribution in [2.75, 3.05) is 12.4 Å². The van der Waals surface area contributed by atoms with E-state index in [9.17, 15) is 4.79 Å². The Kier molecular flexibility index (Phi) is 5.71. The van der Waals surface area contributed by atoms with Crippen molar-refractivity contribution in [3.63, 3.8) is 0 Å². The number of anilines is 2. The van der Waals surface area contributed by atoms with E-state index in [-0.39, 0.29) is 5.91 Å². The number of aryl methyl sites for hydroxylation is 2. The molecule has 0 saturated heterocycles. The lowest BCUT2D eigenvalue weighted by Gasteiger charge is -2.13. The fourth-order valence-electron chi connectivity index (χ4n) is 2.90. The molecule has 1 aromatic heterocycles. The topological polar surface area (TPSA) is 63.2 Å². The van der Waals surface area contributed by atoms with Crippen molar-refractivity contribution in [1.82, 2.24) is 10.3 Å². The monoisotopic (exact) mass is 361 g/mol. The standard InChI is InChI=1S/C22H23N3O2/c1-15-7-6-8-16(2)21(15)25-18-11-12-23-19(13-18)22(26)24-14-17-9-4-5-10-20(17)27-3/h4-13H,14H2,1-3H3,(H,23,25)(H,24,26). The second-order valence-electron chi connectivity index (χ2n) is 6.32. The van der Waals surface area contributed by atoms with Crippen LogP contribution in [0.1, 0.15) is 27.2 Å². The van der Waals surface area contributed by atoms with E-state index in [0.29, 0.717) is 12.2 Å². The summed E-state index contributed by atoms with van der Waals surface area (Å²) in [5, 5.41) is 6.28. The van der Waals surface area contributed by atoms with Gasteiger partial charge in [0, 0.05) is 29.7 Å². The summed E-state index contributed by atoms with van der Waals surface area (Å²) in [6.45, 7) is 4.48. The van der Waals surface area contributed by atoms with E-state index in [0.717, 1.165) is 33.8 Å². The van der Waals surface area contributed by atoms with Crippen LogP contribution in [0.25, 0.3) is 0 Å². The van der Waals surface area contributed by atoms with Crippen molar-refractivity contribution in [3.8, 4) is 5.75 Å². The molecule has 0 bridgehead atoms. The van der Waals surface area contributed by atoms with E-state index in [2.05, 4.69) is 41.6 Å². The Labute approximate surface area is 159 Å². The predicted molar refractivity (Wildman–Crippen MR) is 108 cm³/mol. The van der Waals surface area contributed by atoms with E-state index < -0.39 is 0 Å². The van der Waals surface area contributed by atoms with Crippen molar-refractivity contribution in [1.29, 1.82) is 0 Å². The van der Waals surface area contributed by atoms with Gasteiger partial charge in [-0.3, -0.25) is 9.78 Å². The molecule has 2 aromatic carbocycles. The molecular formula is C22H23N3O2. The highest BCUT2D eigenvalue weighted by molar-refractivity contribution is 5.93. The van der Waals surface area contributed by atoms with Gasteiger partial charge in [-0.05, 0) is 43.2 Å². The molecule has 0 fully saturated rings. The minimum atomic E-state index is -0.230. The molecule has 0 unspecified atom stereocenters. The maximum atomic E-state index is 12.5. The quantitative estimate of drug-likeness (QED) is 0.684. The predicted octanol–water partition coefficient (Wildman–Crippen LogP) is 4.38. The zero-order valence-electron chi connectivity index (χ0n) is 15.7. The van der Waals surface area contributed by atoms with Crippen molar-refractivity contribution in [3.05, 3.63) is 83.2 Å². The van der Waals surface area contributed by atoms with Gasteiger partial charge in [0.25, 0.3) is 5.91 Å². The molecule has 0 aliphatic carbocycles. The summed E-state index contributed by atoms with van der Waals surface area (Å²) in [5.74, 6) is 0.516. The van der Waals surface area contributed by atoms with Crippen LogP contribution < -0.4 is 15.4 Å². The molecule has 0 radical (unpaired) electrons. The van der Waals surface area contributed by atoms with Crippen LogP contribution >= 0.6 is 0 Å². The molecule has 27 heavy (non-hydrogen) atoms. The first-order chi connectivity index (χ1) is 13.1. The zero-order valence-corrected chi connectivity index (χ0v) is 15.7. The Balaban J connectivity index is 1.72. The van der Waals surface area contributed by atoms with Gasteiger partial charge in [-0.2, -0.15) is 0 Å². The van der Waals surface area contributed by atoms with E-state index in [4.69, 9.17) is 4.74 Å². The largest absolute Gasteiger partial charge is 0.496 e. The highest BCUT2D eigenvalue weighted by Gasteiger charge is 2.10. The molecule has 1 heterocycles. The molecule has 0 atom stereocenters. The van der Waals surface area contributed by atoms with E-state index in [1.807, 2.05) is 36.4 Å². The Morgan fingerprint density at radius 1 is 1.04 bits per heavy atom. The van der Waals surface area contributed by atoms with Gasteiger partial charge in [-0.1, -0.05) is 36.4 Å². The minimum Gasteiger partial charge on any atom is -0.496 e. The number of pyridine rings is 1. The molecule has 0 saturated carbocycles. The number of para-hydroxylation sites is 2. The van der Waals surface area contributed by atoms with Crippen LogP contribution in [0.5, 0.6) is 5.75 Å². The van der Waals surface area contributed by atoms with Gasteiger partial charge in [0.05, 0.1) is 7.11 Å². The Morgan fingerprint density at radius 2 is 1.78 bits per heavy atom. The lowest BCUT2D eigenvalue weighted by atomic mass is 10.1. The Hall–Kier alpha value is -3.34. The first-order valence-electron chi connectivity index (χ1n) is 8.78. The SMILES string of the molecule is COc1ccccc1CNC(=O)c1cc(Nc2c(C)cccc2C)ccn1. The third kappa shape index (κ3) is 4.44. The smallest absolute Gasteiger partial charge is 0.270 e. The van der Waals surface area contributed by atoms with Crippen LogP contribution in [0.3, 0.4) is 0 Å². The van der Waals surface area contributed by atoms with Gasteiger partial charge in [-0.25, -0.2) is 0 Å². The summed E-state index contributed by atoms with van der Waals surface area (Å²) in [4.78, 5) is 16.7. The molecule has 3 aromatic rings. The number of hydrogen-bond donors (Lipinski definition) is 2. The average Bonchev–Trinajstić information content (AvgIpc) is 2.69. The molecule has 0 spiro atoms. The van der Waals surface area contributed by atoms with Crippen LogP contribution in [0, 0.1) is 13.8 Å². The first kappa shape index (κ1) is 18.5. The van der Waals surface area contributed by atoms with E-state index in [1.54, 1.807) is 19.4 Å². The summed E-state index contributed by atoms with van der Waals surface area (Å²) < 4.78 is 5.31. The van der Waals surface area contributed by atoms with Crippen molar-refractivity contribution in [2.45, 2.75) is 20.4 Å². The van der Waals surface area contributed by atoms with Crippen LogP contribution in [-0.4, -0.2) is 18.0 Å². The fraction of sp³-hybridized carbons (Fsp3) is 0.182.